The number of hydrogen-bond acceptors (Lipinski definition) is 6. The Labute approximate surface area is 195 Å². The van der Waals surface area contributed by atoms with Gasteiger partial charge in [0.25, 0.3) is 0 Å². The van der Waals surface area contributed by atoms with Crippen LogP contribution in [0, 0.1) is 16.7 Å². The molecule has 1 aromatic carbocycles. The summed E-state index contributed by atoms with van der Waals surface area (Å²) in [6.45, 7) is 8.79. The first-order chi connectivity index (χ1) is 15.8. The molecule has 2 aromatic heterocycles. The number of aromatic amines is 1. The number of halogens is 3. The number of rotatable bonds is 4. The van der Waals surface area contributed by atoms with E-state index < -0.39 is 18.9 Å². The highest BCUT2D eigenvalue weighted by Gasteiger charge is 2.37. The lowest BCUT2D eigenvalue weighted by Gasteiger charge is -2.36. The molecule has 1 fully saturated rings. The Morgan fingerprint density at radius 3 is 2.65 bits per heavy atom. The molecule has 1 aliphatic heterocycles. The van der Waals surface area contributed by atoms with Crippen molar-refractivity contribution in [3.05, 3.63) is 35.7 Å². The zero-order valence-electron chi connectivity index (χ0n) is 19.3. The van der Waals surface area contributed by atoms with Gasteiger partial charge in [-0.15, -0.1) is 0 Å². The van der Waals surface area contributed by atoms with Crippen LogP contribution in [0.1, 0.15) is 31.4 Å². The Bertz CT molecular complexity index is 1330. The maximum absolute atomic E-state index is 13.9. The van der Waals surface area contributed by atoms with Gasteiger partial charge in [0, 0.05) is 42.5 Å². The molecule has 3 aromatic rings. The maximum Gasteiger partial charge on any atom is 0.419 e. The van der Waals surface area contributed by atoms with Crippen molar-refractivity contribution in [1.82, 2.24) is 20.3 Å². The molecule has 11 heteroatoms. The van der Waals surface area contributed by atoms with Crippen molar-refractivity contribution < 1.29 is 17.7 Å². The molecule has 34 heavy (non-hydrogen) atoms. The van der Waals surface area contributed by atoms with Gasteiger partial charge in [-0.1, -0.05) is 19.9 Å². The predicted octanol–water partition coefficient (Wildman–Crippen LogP) is 4.56. The number of benzene rings is 1. The van der Waals surface area contributed by atoms with E-state index >= 15 is 0 Å². The Morgan fingerprint density at radius 1 is 1.29 bits per heavy atom. The van der Waals surface area contributed by atoms with E-state index in [9.17, 15) is 23.0 Å². The third-order valence-corrected chi connectivity index (χ3v) is 7.51. The summed E-state index contributed by atoms with van der Waals surface area (Å²) in [5, 5.41) is 16.7. The number of fused-ring (bicyclic) bond motifs is 1. The van der Waals surface area contributed by atoms with E-state index in [4.69, 9.17) is 0 Å². The fraction of sp³-hybridized carbons (Fsp3) is 0.435. The van der Waals surface area contributed by atoms with Crippen molar-refractivity contribution in [2.75, 3.05) is 31.7 Å². The van der Waals surface area contributed by atoms with E-state index in [1.165, 1.54) is 25.6 Å². The van der Waals surface area contributed by atoms with Gasteiger partial charge >= 0.3 is 6.18 Å². The van der Waals surface area contributed by atoms with Crippen LogP contribution in [0.15, 0.2) is 24.5 Å². The van der Waals surface area contributed by atoms with Gasteiger partial charge in [-0.25, -0.2) is 9.97 Å². The van der Waals surface area contributed by atoms with E-state index in [0.29, 0.717) is 22.8 Å². The molecular weight excluding hydrogens is 464 g/mol. The number of nitriles is 1. The molecule has 0 amide bonds. The monoisotopic (exact) mass is 490 g/mol. The molecular formula is C23H26F3N6OP. The molecule has 180 valence electrons. The lowest BCUT2D eigenvalue weighted by Crippen LogP contribution is -2.47. The predicted molar refractivity (Wildman–Crippen MR) is 127 cm³/mol. The fourth-order valence-corrected chi connectivity index (χ4v) is 6.00. The standard InChI is InChI=1S/C23H26F3N6OP/c1-22(2)7-14(9-28-12-22)31-21-30-11-17(23(24,25)26)18(32-21)16-10-29-19-15(16)6-5-13(8-27)20(19)34(3,4)33/h5-6,10-11,14,28-29H,7,9,12H2,1-4H3,(H,30,31,32). The van der Waals surface area contributed by atoms with Crippen molar-refractivity contribution in [1.29, 1.82) is 5.26 Å². The van der Waals surface area contributed by atoms with Crippen molar-refractivity contribution in [2.45, 2.75) is 32.5 Å². The van der Waals surface area contributed by atoms with Crippen molar-refractivity contribution in [2.24, 2.45) is 5.41 Å². The van der Waals surface area contributed by atoms with E-state index in [1.807, 2.05) is 6.07 Å². The Hall–Kier alpha value is -2.89. The first-order valence-corrected chi connectivity index (χ1v) is 13.4. The highest BCUT2D eigenvalue weighted by molar-refractivity contribution is 7.70. The van der Waals surface area contributed by atoms with Crippen LogP contribution in [-0.4, -0.2) is 47.4 Å². The summed E-state index contributed by atoms with van der Waals surface area (Å²) in [5.41, 5.74) is -0.413. The number of piperidine rings is 1. The minimum Gasteiger partial charge on any atom is -0.360 e. The summed E-state index contributed by atoms with van der Waals surface area (Å²) < 4.78 is 54.7. The summed E-state index contributed by atoms with van der Waals surface area (Å²) >= 11 is 0. The van der Waals surface area contributed by atoms with Crippen LogP contribution in [-0.2, 0) is 10.7 Å². The topological polar surface area (TPSA) is 106 Å². The maximum atomic E-state index is 13.9. The van der Waals surface area contributed by atoms with Gasteiger partial charge in [-0.05, 0) is 31.2 Å². The number of aromatic nitrogens is 3. The van der Waals surface area contributed by atoms with E-state index in [1.54, 1.807) is 6.07 Å². The van der Waals surface area contributed by atoms with Crippen LogP contribution < -0.4 is 15.9 Å². The zero-order chi connectivity index (χ0) is 24.9. The lowest BCUT2D eigenvalue weighted by molar-refractivity contribution is -0.137. The number of nitrogens with zero attached hydrogens (tertiary/aromatic N) is 3. The summed E-state index contributed by atoms with van der Waals surface area (Å²) in [5.74, 6) is 0.104. The van der Waals surface area contributed by atoms with Crippen LogP contribution in [0.3, 0.4) is 0 Å². The van der Waals surface area contributed by atoms with Crippen LogP contribution in [0.5, 0.6) is 0 Å². The van der Waals surface area contributed by atoms with Gasteiger partial charge in [0.2, 0.25) is 5.95 Å². The normalized spacial score (nSPS) is 18.6. The summed E-state index contributed by atoms with van der Waals surface area (Å²) in [7, 11) is -2.91. The van der Waals surface area contributed by atoms with Crippen LogP contribution >= 0.6 is 7.14 Å². The average Bonchev–Trinajstić information content (AvgIpc) is 3.14. The summed E-state index contributed by atoms with van der Waals surface area (Å²) in [6.07, 6.45) is -1.65. The largest absolute Gasteiger partial charge is 0.419 e. The number of anilines is 1. The van der Waals surface area contributed by atoms with Gasteiger partial charge in [0.05, 0.1) is 28.1 Å². The van der Waals surface area contributed by atoms with Crippen LogP contribution in [0.2, 0.25) is 0 Å². The molecule has 0 bridgehead atoms. The van der Waals surface area contributed by atoms with Gasteiger partial charge in [0.15, 0.2) is 0 Å². The zero-order valence-corrected chi connectivity index (χ0v) is 20.2. The Morgan fingerprint density at radius 2 is 2.03 bits per heavy atom. The van der Waals surface area contributed by atoms with Crippen molar-refractivity contribution in [3.63, 3.8) is 0 Å². The highest BCUT2D eigenvalue weighted by Crippen LogP contribution is 2.43. The minimum absolute atomic E-state index is 0.0323. The van der Waals surface area contributed by atoms with Crippen LogP contribution in [0.25, 0.3) is 22.2 Å². The van der Waals surface area contributed by atoms with E-state index in [2.05, 4.69) is 39.4 Å². The Kier molecular flexibility index (Phi) is 5.99. The second kappa shape index (κ2) is 8.40. The minimum atomic E-state index is -4.67. The molecule has 0 saturated carbocycles. The fourth-order valence-electron chi connectivity index (χ4n) is 4.57. The molecule has 3 heterocycles. The molecule has 3 N–H and O–H groups in total. The van der Waals surface area contributed by atoms with E-state index in [0.717, 1.165) is 19.2 Å². The summed E-state index contributed by atoms with van der Waals surface area (Å²) in [4.78, 5) is 11.2. The average molecular weight is 490 g/mol. The van der Waals surface area contributed by atoms with E-state index in [-0.39, 0.29) is 34.2 Å². The third kappa shape index (κ3) is 4.68. The smallest absolute Gasteiger partial charge is 0.360 e. The third-order valence-electron chi connectivity index (χ3n) is 5.96. The SMILES string of the molecule is CC1(C)CNCC(Nc2ncc(C(F)(F)F)c(-c3c[nH]c4c(P(C)(C)=O)c(C#N)ccc34)n2)C1. The molecule has 0 spiro atoms. The quantitative estimate of drug-likeness (QED) is 0.463. The second-order valence-corrected chi connectivity index (χ2v) is 13.0. The lowest BCUT2D eigenvalue weighted by atomic mass is 9.83. The number of H-pyrrole nitrogens is 1. The second-order valence-electron chi connectivity index (χ2n) is 9.84. The summed E-state index contributed by atoms with van der Waals surface area (Å²) in [6, 6.07) is 5.03. The van der Waals surface area contributed by atoms with Gasteiger partial charge in [-0.3, -0.25) is 0 Å². The molecule has 0 radical (unpaired) electrons. The number of nitrogens with one attached hydrogen (secondary N) is 3. The first-order valence-electron chi connectivity index (χ1n) is 10.8. The molecule has 1 saturated heterocycles. The molecule has 4 rings (SSSR count). The van der Waals surface area contributed by atoms with Crippen molar-refractivity contribution in [3.8, 4) is 17.3 Å². The van der Waals surface area contributed by atoms with Crippen LogP contribution in [0.4, 0.5) is 19.1 Å². The van der Waals surface area contributed by atoms with Crippen molar-refractivity contribution >= 4 is 29.3 Å². The molecule has 0 aliphatic carbocycles. The van der Waals surface area contributed by atoms with Gasteiger partial charge in [-0.2, -0.15) is 18.4 Å². The molecule has 7 nitrogen and oxygen atoms in total. The molecule has 1 atom stereocenters. The molecule has 1 unspecified atom stereocenters. The number of alkyl halides is 3. The first kappa shape index (κ1) is 24.2. The molecule has 1 aliphatic rings. The Balaban J connectivity index is 1.85. The highest BCUT2D eigenvalue weighted by atomic mass is 31.2. The van der Waals surface area contributed by atoms with Gasteiger partial charge in [0.1, 0.15) is 12.7 Å². The number of hydrogen-bond donors (Lipinski definition) is 3. The van der Waals surface area contributed by atoms with Gasteiger partial charge < -0.3 is 20.2 Å².